The van der Waals surface area contributed by atoms with Gasteiger partial charge < -0.3 is 9.47 Å². The zero-order valence-corrected chi connectivity index (χ0v) is 17.4. The average molecular weight is 401 g/mol. The zero-order valence-electron chi connectivity index (χ0n) is 17.4. The Labute approximate surface area is 178 Å². The molecule has 4 heteroatoms. The third-order valence-electron chi connectivity index (χ3n) is 5.51. The maximum Gasteiger partial charge on any atom is 0.217 e. The van der Waals surface area contributed by atoms with Gasteiger partial charge in [-0.1, -0.05) is 54.6 Å². The fourth-order valence-electron chi connectivity index (χ4n) is 3.84. The fourth-order valence-corrected chi connectivity index (χ4v) is 3.84. The van der Waals surface area contributed by atoms with Gasteiger partial charge in [-0.3, -0.25) is 4.90 Å². The number of pyridine rings is 1. The van der Waals surface area contributed by atoms with Crippen LogP contribution < -0.4 is 9.47 Å². The second-order valence-electron chi connectivity index (χ2n) is 7.60. The van der Waals surface area contributed by atoms with E-state index in [1.807, 2.05) is 48.5 Å². The predicted molar refractivity (Wildman–Crippen MR) is 121 cm³/mol. The fraction of sp³-hybridized carbons (Fsp3) is 0.269. The van der Waals surface area contributed by atoms with Gasteiger partial charge in [0, 0.05) is 23.9 Å². The molecule has 4 nitrogen and oxygen atoms in total. The van der Waals surface area contributed by atoms with Crippen LogP contribution in [0.5, 0.6) is 17.4 Å². The van der Waals surface area contributed by atoms with Gasteiger partial charge in [0.25, 0.3) is 0 Å². The minimum Gasteiger partial charge on any atom is -0.481 e. The Morgan fingerprint density at radius 1 is 0.967 bits per heavy atom. The van der Waals surface area contributed by atoms with Crippen LogP contribution in [0, 0.1) is 5.92 Å². The van der Waals surface area contributed by atoms with E-state index in [4.69, 9.17) is 9.47 Å². The molecule has 0 N–H and O–H groups in total. The summed E-state index contributed by atoms with van der Waals surface area (Å²) in [5.74, 6) is 3.06. The third-order valence-corrected chi connectivity index (χ3v) is 5.51. The molecule has 2 heterocycles. The Hall–Kier alpha value is -3.11. The molecule has 1 aromatic heterocycles. The Kier molecular flexibility index (Phi) is 6.78. The summed E-state index contributed by atoms with van der Waals surface area (Å²) in [4.78, 5) is 6.79. The first-order chi connectivity index (χ1) is 14.8. The van der Waals surface area contributed by atoms with Crippen molar-refractivity contribution in [3.05, 3.63) is 90.1 Å². The molecule has 0 unspecified atom stereocenters. The monoisotopic (exact) mass is 400 g/mol. The summed E-state index contributed by atoms with van der Waals surface area (Å²) >= 11 is 0. The molecule has 0 amide bonds. The van der Waals surface area contributed by atoms with Crippen molar-refractivity contribution in [3.63, 3.8) is 0 Å². The molecule has 154 valence electrons. The number of aromatic nitrogens is 1. The number of ether oxygens (including phenoxy) is 2. The third kappa shape index (κ3) is 5.28. The topological polar surface area (TPSA) is 34.6 Å². The van der Waals surface area contributed by atoms with E-state index in [9.17, 15) is 0 Å². The lowest BCUT2D eigenvalue weighted by Gasteiger charge is -2.30. The smallest absolute Gasteiger partial charge is 0.217 e. The van der Waals surface area contributed by atoms with Gasteiger partial charge in [-0.25, -0.2) is 4.98 Å². The van der Waals surface area contributed by atoms with Gasteiger partial charge >= 0.3 is 0 Å². The Morgan fingerprint density at radius 3 is 2.53 bits per heavy atom. The summed E-state index contributed by atoms with van der Waals surface area (Å²) in [6.07, 6.45) is 8.64. The SMILES string of the molecule is COc1ncccc1CN1CCC(/C=C/c2ccccc2Oc2ccccc2)CC1. The van der Waals surface area contributed by atoms with Gasteiger partial charge in [-0.05, 0) is 56.1 Å². The lowest BCUT2D eigenvalue weighted by molar-refractivity contribution is 0.193. The molecule has 0 radical (unpaired) electrons. The van der Waals surface area contributed by atoms with Crippen LogP contribution in [0.1, 0.15) is 24.0 Å². The van der Waals surface area contributed by atoms with Crippen LogP contribution in [0.15, 0.2) is 79.0 Å². The van der Waals surface area contributed by atoms with Crippen molar-refractivity contribution in [2.24, 2.45) is 5.92 Å². The highest BCUT2D eigenvalue weighted by Crippen LogP contribution is 2.28. The molecule has 2 aromatic carbocycles. The Bertz CT molecular complexity index is 964. The molecule has 3 aromatic rings. The van der Waals surface area contributed by atoms with Crippen molar-refractivity contribution in [2.75, 3.05) is 20.2 Å². The number of likely N-dealkylation sites (tertiary alicyclic amines) is 1. The van der Waals surface area contributed by atoms with Crippen LogP contribution in [0.4, 0.5) is 0 Å². The summed E-state index contributed by atoms with van der Waals surface area (Å²) in [5.41, 5.74) is 2.27. The van der Waals surface area contributed by atoms with Gasteiger partial charge in [0.05, 0.1) is 7.11 Å². The molecule has 0 bridgehead atoms. The van der Waals surface area contributed by atoms with Crippen molar-refractivity contribution in [1.82, 2.24) is 9.88 Å². The van der Waals surface area contributed by atoms with Crippen LogP contribution in [-0.4, -0.2) is 30.1 Å². The number of hydrogen-bond donors (Lipinski definition) is 0. The molecule has 0 atom stereocenters. The van der Waals surface area contributed by atoms with Crippen molar-refractivity contribution in [1.29, 1.82) is 0 Å². The average Bonchev–Trinajstić information content (AvgIpc) is 2.80. The molecule has 1 aliphatic rings. The highest BCUT2D eigenvalue weighted by Gasteiger charge is 2.18. The molecular weight excluding hydrogens is 372 g/mol. The van der Waals surface area contributed by atoms with Crippen molar-refractivity contribution in [3.8, 4) is 17.4 Å². The van der Waals surface area contributed by atoms with Crippen LogP contribution in [0.3, 0.4) is 0 Å². The minimum atomic E-state index is 0.585. The second kappa shape index (κ2) is 10.1. The molecule has 0 aliphatic carbocycles. The van der Waals surface area contributed by atoms with E-state index in [-0.39, 0.29) is 0 Å². The molecule has 1 fully saturated rings. The number of benzene rings is 2. The van der Waals surface area contributed by atoms with Crippen LogP contribution in [-0.2, 0) is 6.54 Å². The number of nitrogens with zero attached hydrogens (tertiary/aromatic N) is 2. The van der Waals surface area contributed by atoms with Gasteiger partial charge in [-0.2, -0.15) is 0 Å². The molecule has 0 spiro atoms. The summed E-state index contributed by atoms with van der Waals surface area (Å²) in [5, 5.41) is 0. The molecule has 1 saturated heterocycles. The van der Waals surface area contributed by atoms with E-state index in [1.165, 1.54) is 0 Å². The zero-order chi connectivity index (χ0) is 20.6. The normalized spacial score (nSPS) is 15.4. The number of para-hydroxylation sites is 2. The maximum absolute atomic E-state index is 6.08. The summed E-state index contributed by atoms with van der Waals surface area (Å²) in [7, 11) is 1.68. The maximum atomic E-state index is 6.08. The standard InChI is InChI=1S/C26H28N2O2/c1-29-26-23(9-7-17-27-26)20-28-18-15-21(16-19-28)13-14-22-8-5-6-12-25(22)30-24-10-3-2-4-11-24/h2-14,17,21H,15-16,18-20H2,1H3/b14-13+. The van der Waals surface area contributed by atoms with E-state index in [2.05, 4.69) is 40.2 Å². The quantitative estimate of drug-likeness (QED) is 0.501. The number of hydrogen-bond acceptors (Lipinski definition) is 4. The highest BCUT2D eigenvalue weighted by atomic mass is 16.5. The first kappa shape index (κ1) is 20.2. The number of rotatable bonds is 7. The predicted octanol–water partition coefficient (Wildman–Crippen LogP) is 5.81. The first-order valence-electron chi connectivity index (χ1n) is 10.5. The summed E-state index contributed by atoms with van der Waals surface area (Å²) < 4.78 is 11.5. The van der Waals surface area contributed by atoms with Crippen molar-refractivity contribution >= 4 is 6.08 Å². The van der Waals surface area contributed by atoms with Crippen molar-refractivity contribution in [2.45, 2.75) is 19.4 Å². The van der Waals surface area contributed by atoms with Gasteiger partial charge in [0.15, 0.2) is 0 Å². The van der Waals surface area contributed by atoms with E-state index in [0.717, 1.165) is 61.0 Å². The molecule has 4 rings (SSSR count). The van der Waals surface area contributed by atoms with Crippen LogP contribution >= 0.6 is 0 Å². The van der Waals surface area contributed by atoms with Crippen LogP contribution in [0.25, 0.3) is 6.08 Å². The lowest BCUT2D eigenvalue weighted by Crippen LogP contribution is -2.32. The van der Waals surface area contributed by atoms with E-state index < -0.39 is 0 Å². The second-order valence-corrected chi connectivity index (χ2v) is 7.60. The summed E-state index contributed by atoms with van der Waals surface area (Å²) in [6.45, 7) is 3.05. The number of methoxy groups -OCH3 is 1. The number of piperidine rings is 1. The van der Waals surface area contributed by atoms with Gasteiger partial charge in [-0.15, -0.1) is 0 Å². The lowest BCUT2D eigenvalue weighted by atomic mass is 9.95. The largest absolute Gasteiger partial charge is 0.481 e. The molecule has 1 aliphatic heterocycles. The Balaban J connectivity index is 1.34. The molecular formula is C26H28N2O2. The van der Waals surface area contributed by atoms with Gasteiger partial charge in [0.2, 0.25) is 5.88 Å². The van der Waals surface area contributed by atoms with Gasteiger partial charge in [0.1, 0.15) is 11.5 Å². The Morgan fingerprint density at radius 2 is 1.73 bits per heavy atom. The highest BCUT2D eigenvalue weighted by molar-refractivity contribution is 5.58. The van der Waals surface area contributed by atoms with Crippen molar-refractivity contribution < 1.29 is 9.47 Å². The van der Waals surface area contributed by atoms with Crippen LogP contribution in [0.2, 0.25) is 0 Å². The molecule has 0 saturated carbocycles. The first-order valence-corrected chi connectivity index (χ1v) is 10.5. The van der Waals surface area contributed by atoms with E-state index >= 15 is 0 Å². The van der Waals surface area contributed by atoms with E-state index in [0.29, 0.717) is 5.92 Å². The molecule has 30 heavy (non-hydrogen) atoms. The minimum absolute atomic E-state index is 0.585. The van der Waals surface area contributed by atoms with E-state index in [1.54, 1.807) is 13.3 Å². The number of allylic oxidation sites excluding steroid dienone is 1. The summed E-state index contributed by atoms with van der Waals surface area (Å²) in [6, 6.07) is 22.2.